The molecule has 0 fully saturated rings. The van der Waals surface area contributed by atoms with E-state index < -0.39 is 0 Å². The van der Waals surface area contributed by atoms with Gasteiger partial charge in [-0.15, -0.1) is 0 Å². The van der Waals surface area contributed by atoms with Crippen molar-refractivity contribution in [2.45, 2.75) is 6.92 Å². The molecule has 3 nitrogen and oxygen atoms in total. The number of hydrogen-bond acceptors (Lipinski definition) is 2. The van der Waals surface area contributed by atoms with E-state index in [9.17, 15) is 0 Å². The summed E-state index contributed by atoms with van der Waals surface area (Å²) in [6.07, 6.45) is 5.01. The summed E-state index contributed by atoms with van der Waals surface area (Å²) in [6.45, 7) is 5.50. The van der Waals surface area contributed by atoms with Crippen LogP contribution in [0.5, 0.6) is 0 Å². The van der Waals surface area contributed by atoms with Crippen LogP contribution in [0, 0.1) is 6.92 Å². The lowest BCUT2D eigenvalue weighted by molar-refractivity contribution is 0.874. The summed E-state index contributed by atoms with van der Waals surface area (Å²) >= 11 is 0. The van der Waals surface area contributed by atoms with Gasteiger partial charge in [0, 0.05) is 13.3 Å². The van der Waals surface area contributed by atoms with Gasteiger partial charge >= 0.3 is 0 Å². The topological polar surface area (TPSA) is 30.2 Å². The first kappa shape index (κ1) is 7.72. The number of imidazole rings is 1. The second-order valence-corrected chi connectivity index (χ2v) is 2.28. The molecule has 58 valence electrons. The first-order valence-corrected chi connectivity index (χ1v) is 3.38. The Morgan fingerprint density at radius 1 is 1.73 bits per heavy atom. The molecule has 1 rings (SSSR count). The molecule has 0 saturated heterocycles. The number of aryl methyl sites for hydroxylation is 1. The molecular weight excluding hydrogens is 138 g/mol. The predicted octanol–water partition coefficient (Wildman–Crippen LogP) is 1.62. The highest BCUT2D eigenvalue weighted by atomic mass is 15.1. The predicted molar refractivity (Wildman–Crippen MR) is 46.3 cm³/mol. The first-order valence-electron chi connectivity index (χ1n) is 3.38. The van der Waals surface area contributed by atoms with E-state index in [-0.39, 0.29) is 0 Å². The lowest BCUT2D eigenvalue weighted by Gasteiger charge is -1.91. The Labute approximate surface area is 66.1 Å². The monoisotopic (exact) mass is 149 g/mol. The van der Waals surface area contributed by atoms with Crippen molar-refractivity contribution in [3.8, 4) is 0 Å². The number of aliphatic imine (C=N–C) groups is 1. The van der Waals surface area contributed by atoms with Crippen LogP contribution in [-0.2, 0) is 7.05 Å². The number of rotatable bonds is 2. The number of hydrogen-bond donors (Lipinski definition) is 0. The van der Waals surface area contributed by atoms with Crippen LogP contribution >= 0.6 is 0 Å². The van der Waals surface area contributed by atoms with Gasteiger partial charge in [-0.2, -0.15) is 0 Å². The third kappa shape index (κ3) is 1.55. The summed E-state index contributed by atoms with van der Waals surface area (Å²) in [6, 6.07) is 0. The Morgan fingerprint density at radius 2 is 2.45 bits per heavy atom. The van der Waals surface area contributed by atoms with Crippen LogP contribution in [0.15, 0.2) is 24.0 Å². The maximum absolute atomic E-state index is 4.07. The zero-order valence-corrected chi connectivity index (χ0v) is 6.78. The molecule has 1 aromatic rings. The molecule has 0 aliphatic heterocycles. The van der Waals surface area contributed by atoms with E-state index in [1.165, 1.54) is 0 Å². The van der Waals surface area contributed by atoms with E-state index in [4.69, 9.17) is 0 Å². The van der Waals surface area contributed by atoms with Crippen LogP contribution in [0.4, 0.5) is 5.82 Å². The molecule has 3 heteroatoms. The van der Waals surface area contributed by atoms with Gasteiger partial charge < -0.3 is 4.57 Å². The van der Waals surface area contributed by atoms with Crippen molar-refractivity contribution >= 4 is 12.0 Å². The summed E-state index contributed by atoms with van der Waals surface area (Å²) in [4.78, 5) is 8.14. The molecule has 0 spiro atoms. The smallest absolute Gasteiger partial charge is 0.172 e. The van der Waals surface area contributed by atoms with Crippen molar-refractivity contribution in [1.82, 2.24) is 9.55 Å². The zero-order valence-electron chi connectivity index (χ0n) is 6.78. The lowest BCUT2D eigenvalue weighted by Crippen LogP contribution is -1.86. The zero-order chi connectivity index (χ0) is 8.27. The molecule has 0 unspecified atom stereocenters. The SMILES string of the molecule is C=C/C=N\c1ncn(C)c1C. The van der Waals surface area contributed by atoms with Crippen LogP contribution < -0.4 is 0 Å². The van der Waals surface area contributed by atoms with Crippen molar-refractivity contribution < 1.29 is 0 Å². The average molecular weight is 149 g/mol. The highest BCUT2D eigenvalue weighted by Gasteiger charge is 1.98. The van der Waals surface area contributed by atoms with Gasteiger partial charge in [-0.05, 0) is 6.92 Å². The Kier molecular flexibility index (Phi) is 2.21. The van der Waals surface area contributed by atoms with E-state index in [2.05, 4.69) is 16.6 Å². The van der Waals surface area contributed by atoms with Gasteiger partial charge in [0.1, 0.15) is 0 Å². The summed E-state index contributed by atoms with van der Waals surface area (Å²) in [7, 11) is 1.94. The Balaban J connectivity index is 2.95. The average Bonchev–Trinajstić information content (AvgIpc) is 2.31. The summed E-state index contributed by atoms with van der Waals surface area (Å²) in [5, 5.41) is 0. The molecule has 0 radical (unpaired) electrons. The normalized spacial score (nSPS) is 10.7. The van der Waals surface area contributed by atoms with E-state index >= 15 is 0 Å². The fraction of sp³-hybridized carbons (Fsp3) is 0.250. The third-order valence-corrected chi connectivity index (χ3v) is 1.51. The number of allylic oxidation sites excluding steroid dienone is 1. The van der Waals surface area contributed by atoms with Gasteiger partial charge in [0.25, 0.3) is 0 Å². The fourth-order valence-electron chi connectivity index (χ4n) is 0.729. The minimum absolute atomic E-state index is 0.757. The molecule has 1 aromatic heterocycles. The van der Waals surface area contributed by atoms with Gasteiger partial charge in [-0.25, -0.2) is 9.98 Å². The summed E-state index contributed by atoms with van der Waals surface area (Å²) in [5.74, 6) is 0.757. The Bertz CT molecular complexity index is 284. The molecule has 0 amide bonds. The van der Waals surface area contributed by atoms with Crippen LogP contribution in [-0.4, -0.2) is 15.8 Å². The number of aromatic nitrogens is 2. The van der Waals surface area contributed by atoms with Gasteiger partial charge in [0.05, 0.1) is 12.0 Å². The lowest BCUT2D eigenvalue weighted by atomic mass is 10.5. The Morgan fingerprint density at radius 3 is 2.91 bits per heavy atom. The van der Waals surface area contributed by atoms with Crippen LogP contribution in [0.1, 0.15) is 5.69 Å². The molecule has 0 aliphatic rings. The van der Waals surface area contributed by atoms with E-state index in [0.29, 0.717) is 0 Å². The third-order valence-electron chi connectivity index (χ3n) is 1.51. The van der Waals surface area contributed by atoms with Crippen molar-refractivity contribution in [1.29, 1.82) is 0 Å². The molecule has 0 aliphatic carbocycles. The maximum atomic E-state index is 4.07. The largest absolute Gasteiger partial charge is 0.336 e. The summed E-state index contributed by atoms with van der Waals surface area (Å²) < 4.78 is 1.93. The van der Waals surface area contributed by atoms with Gasteiger partial charge in [0.15, 0.2) is 5.82 Å². The molecule has 0 bridgehead atoms. The van der Waals surface area contributed by atoms with Gasteiger partial charge in [-0.3, -0.25) is 0 Å². The van der Waals surface area contributed by atoms with Crippen molar-refractivity contribution in [3.63, 3.8) is 0 Å². The van der Waals surface area contributed by atoms with Crippen molar-refractivity contribution in [3.05, 3.63) is 24.7 Å². The van der Waals surface area contributed by atoms with E-state index in [1.807, 2.05) is 18.5 Å². The molecule has 1 heterocycles. The standard InChI is InChI=1S/C8H11N3/c1-4-5-9-8-7(2)11(3)6-10-8/h4-6H,1H2,2-3H3/b9-5-. The number of nitrogens with zero attached hydrogens (tertiary/aromatic N) is 3. The Hall–Kier alpha value is -1.38. The molecular formula is C8H11N3. The highest BCUT2D eigenvalue weighted by molar-refractivity contribution is 5.73. The summed E-state index contributed by atoms with van der Waals surface area (Å²) in [5.41, 5.74) is 1.06. The van der Waals surface area contributed by atoms with E-state index in [1.54, 1.807) is 18.6 Å². The first-order chi connectivity index (χ1) is 5.25. The van der Waals surface area contributed by atoms with Gasteiger partial charge in [-0.1, -0.05) is 12.7 Å². The van der Waals surface area contributed by atoms with Crippen molar-refractivity contribution in [2.24, 2.45) is 12.0 Å². The molecule has 0 saturated carbocycles. The minimum atomic E-state index is 0.757. The van der Waals surface area contributed by atoms with Gasteiger partial charge in [0.2, 0.25) is 0 Å². The molecule has 0 aromatic carbocycles. The second kappa shape index (κ2) is 3.14. The molecule has 0 N–H and O–H groups in total. The van der Waals surface area contributed by atoms with Crippen molar-refractivity contribution in [2.75, 3.05) is 0 Å². The van der Waals surface area contributed by atoms with Crippen LogP contribution in [0.3, 0.4) is 0 Å². The fourth-order valence-corrected chi connectivity index (χ4v) is 0.729. The van der Waals surface area contributed by atoms with Crippen LogP contribution in [0.2, 0.25) is 0 Å². The molecule has 11 heavy (non-hydrogen) atoms. The maximum Gasteiger partial charge on any atom is 0.172 e. The second-order valence-electron chi connectivity index (χ2n) is 2.28. The highest BCUT2D eigenvalue weighted by Crippen LogP contribution is 2.12. The minimum Gasteiger partial charge on any atom is -0.336 e. The van der Waals surface area contributed by atoms with E-state index in [0.717, 1.165) is 11.5 Å². The molecule has 0 atom stereocenters. The quantitative estimate of drug-likeness (QED) is 0.587. The van der Waals surface area contributed by atoms with Crippen LogP contribution in [0.25, 0.3) is 0 Å².